The van der Waals surface area contributed by atoms with Crippen LogP contribution in [0.3, 0.4) is 0 Å². The minimum atomic E-state index is -0.614. The zero-order valence-electron chi connectivity index (χ0n) is 28.8. The number of hydrogen-bond acceptors (Lipinski definition) is 10. The Labute approximate surface area is 295 Å². The molecule has 12 nitrogen and oxygen atoms in total. The van der Waals surface area contributed by atoms with Gasteiger partial charge in [0, 0.05) is 68.9 Å². The highest BCUT2D eigenvalue weighted by Crippen LogP contribution is 2.36. The molecule has 2 aliphatic rings. The summed E-state index contributed by atoms with van der Waals surface area (Å²) in [6.07, 6.45) is 5.35. The maximum atomic E-state index is 16.8. The number of halogens is 1. The van der Waals surface area contributed by atoms with E-state index in [1.54, 1.807) is 30.6 Å². The summed E-state index contributed by atoms with van der Waals surface area (Å²) in [5.41, 5.74) is 2.59. The number of amides is 1. The van der Waals surface area contributed by atoms with Crippen molar-refractivity contribution in [1.29, 1.82) is 0 Å². The summed E-state index contributed by atoms with van der Waals surface area (Å²) in [6.45, 7) is 11.8. The molecule has 0 bridgehead atoms. The molecule has 0 unspecified atom stereocenters. The van der Waals surface area contributed by atoms with Crippen molar-refractivity contribution in [2.75, 3.05) is 58.4 Å². The first-order valence-corrected chi connectivity index (χ1v) is 17.0. The lowest BCUT2D eigenvalue weighted by Gasteiger charge is -2.39. The van der Waals surface area contributed by atoms with Crippen LogP contribution in [0.2, 0.25) is 0 Å². The number of hydrogen-bond donors (Lipinski definition) is 0. The van der Waals surface area contributed by atoms with Gasteiger partial charge in [0.25, 0.3) is 0 Å². The van der Waals surface area contributed by atoms with Crippen molar-refractivity contribution >= 4 is 33.6 Å². The number of nitrogens with zero attached hydrogens (tertiary/aromatic N) is 8. The van der Waals surface area contributed by atoms with Crippen molar-refractivity contribution in [2.45, 2.75) is 38.1 Å². The van der Waals surface area contributed by atoms with Crippen molar-refractivity contribution in [3.8, 4) is 17.3 Å². The van der Waals surface area contributed by atoms with Crippen molar-refractivity contribution in [2.24, 2.45) is 0 Å². The lowest BCUT2D eigenvalue weighted by Crippen LogP contribution is -2.56. The van der Waals surface area contributed by atoms with Crippen LogP contribution in [0, 0.1) is 19.3 Å². The van der Waals surface area contributed by atoms with Crippen LogP contribution in [0.5, 0.6) is 6.01 Å². The van der Waals surface area contributed by atoms with Crippen LogP contribution >= 0.6 is 0 Å². The van der Waals surface area contributed by atoms with Crippen LogP contribution in [0.25, 0.3) is 37.8 Å². The molecule has 13 heteroatoms. The molecule has 262 valence electrons. The second-order valence-electron chi connectivity index (χ2n) is 13.0. The van der Waals surface area contributed by atoms with Crippen molar-refractivity contribution in [3.05, 3.63) is 95.5 Å². The van der Waals surface area contributed by atoms with Crippen LogP contribution in [-0.2, 0) is 16.1 Å². The number of pyridine rings is 2. The summed E-state index contributed by atoms with van der Waals surface area (Å²) in [6, 6.07) is 14.9. The van der Waals surface area contributed by atoms with Gasteiger partial charge in [0.05, 0.1) is 11.5 Å². The highest BCUT2D eigenvalue weighted by atomic mass is 19.1. The number of anilines is 1. The van der Waals surface area contributed by atoms with E-state index in [0.717, 1.165) is 34.9 Å². The average molecular weight is 691 g/mol. The van der Waals surface area contributed by atoms with Gasteiger partial charge in [-0.3, -0.25) is 19.8 Å². The molecular weight excluding hydrogens is 651 g/mol. The lowest BCUT2D eigenvalue weighted by atomic mass is 10.00. The second kappa shape index (κ2) is 14.8. The van der Waals surface area contributed by atoms with Gasteiger partial charge in [-0.25, -0.2) is 15.8 Å². The summed E-state index contributed by atoms with van der Waals surface area (Å²) in [5.74, 6) is -0.196. The minimum absolute atomic E-state index is 0.0291. The molecule has 51 heavy (non-hydrogen) atoms. The molecule has 0 spiro atoms. The van der Waals surface area contributed by atoms with E-state index < -0.39 is 18.0 Å². The molecule has 2 aliphatic heterocycles. The Morgan fingerprint density at radius 1 is 1.04 bits per heavy atom. The van der Waals surface area contributed by atoms with E-state index in [4.69, 9.17) is 25.8 Å². The monoisotopic (exact) mass is 690 g/mol. The molecule has 5 heterocycles. The van der Waals surface area contributed by atoms with E-state index >= 15 is 4.39 Å². The molecule has 2 saturated heterocycles. The Hall–Kier alpha value is -5.45. The molecule has 2 fully saturated rings. The normalized spacial score (nSPS) is 19.4. The van der Waals surface area contributed by atoms with Gasteiger partial charge in [-0.2, -0.15) is 9.97 Å². The summed E-state index contributed by atoms with van der Waals surface area (Å²) < 4.78 is 34.3. The third kappa shape index (κ3) is 6.97. The van der Waals surface area contributed by atoms with Gasteiger partial charge >= 0.3 is 12.1 Å². The van der Waals surface area contributed by atoms with Gasteiger partial charge in [0.15, 0.2) is 5.82 Å². The number of ether oxygens (including phenoxy) is 3. The molecule has 2 aromatic carbocycles. The van der Waals surface area contributed by atoms with E-state index in [2.05, 4.69) is 24.7 Å². The maximum Gasteiger partial charge on any atom is 0.410 e. The summed E-state index contributed by atoms with van der Waals surface area (Å²) in [5, 5.41) is 2.13. The number of rotatable bonds is 9. The number of likely N-dealkylation sites (N-methyl/N-ethyl adjacent to an activating group) is 1. The summed E-state index contributed by atoms with van der Waals surface area (Å²) >= 11 is 0. The van der Waals surface area contributed by atoms with Crippen LogP contribution in [0.1, 0.15) is 17.5 Å². The van der Waals surface area contributed by atoms with Crippen molar-refractivity contribution < 1.29 is 23.4 Å². The van der Waals surface area contributed by atoms with Gasteiger partial charge in [-0.1, -0.05) is 48.5 Å². The van der Waals surface area contributed by atoms with Crippen LogP contribution in [-0.4, -0.2) is 108 Å². The molecule has 0 saturated carbocycles. The predicted octanol–water partition coefficient (Wildman–Crippen LogP) is 5.53. The number of aryl methyl sites for hydroxylation is 1. The first-order chi connectivity index (χ1) is 24.8. The smallest absolute Gasteiger partial charge is 0.410 e. The Kier molecular flexibility index (Phi) is 9.87. The van der Waals surface area contributed by atoms with E-state index in [1.165, 1.54) is 0 Å². The number of carbonyl (C=O) groups excluding carboxylic acids is 1. The van der Waals surface area contributed by atoms with E-state index in [9.17, 15) is 4.79 Å². The third-order valence-electron chi connectivity index (χ3n) is 9.80. The Bertz CT molecular complexity index is 2090. The molecule has 0 N–H and O–H groups in total. The fourth-order valence-electron chi connectivity index (χ4n) is 7.03. The zero-order chi connectivity index (χ0) is 35.5. The molecule has 3 aromatic heterocycles. The van der Waals surface area contributed by atoms with E-state index in [1.807, 2.05) is 67.4 Å². The van der Waals surface area contributed by atoms with Gasteiger partial charge in [0.2, 0.25) is 6.54 Å². The Morgan fingerprint density at radius 2 is 1.88 bits per heavy atom. The first-order valence-electron chi connectivity index (χ1n) is 17.0. The average Bonchev–Trinajstić information content (AvgIpc) is 3.52. The standard InChI is InChI=1S/C38H39FN8O4/c1-24-9-8-12-26-16-41-18-30(32(24)26)34-33(39)35-31(19-42-34)36(44-37(43-35)50-23-27-15-29(49-4)21-45(27)3)46-13-14-47(28(20-46)17-40-2)38(48)51-22-25-10-6-5-7-11-25/h5-12,16,18-19,27-29H,13-15,17,20-23H2,1,3-4H3/t27-,28-,29+/m0/s1. The van der Waals surface area contributed by atoms with Crippen LogP contribution in [0.4, 0.5) is 15.0 Å². The predicted molar refractivity (Wildman–Crippen MR) is 191 cm³/mol. The number of fused-ring (bicyclic) bond motifs is 2. The second-order valence-corrected chi connectivity index (χ2v) is 13.0. The number of aromatic nitrogens is 4. The number of methoxy groups -OCH3 is 1. The topological polar surface area (TPSA) is 110 Å². The fraction of sp³-hybridized carbons (Fsp3) is 0.368. The molecule has 5 aromatic rings. The van der Waals surface area contributed by atoms with Gasteiger partial charge in [-0.15, -0.1) is 0 Å². The summed E-state index contributed by atoms with van der Waals surface area (Å²) in [4.78, 5) is 41.0. The maximum absolute atomic E-state index is 16.8. The molecule has 0 radical (unpaired) electrons. The molecular formula is C38H39FN8O4. The molecule has 7 rings (SSSR count). The van der Waals surface area contributed by atoms with Crippen LogP contribution < -0.4 is 9.64 Å². The SMILES string of the molecule is [C-]#[N+]C[C@H]1CN(c2nc(OC[C@@H]3C[C@@H](OC)CN3C)nc3c(F)c(-c4cncc5cccc(C)c45)ncc23)CCN1C(=O)OCc1ccccc1. The van der Waals surface area contributed by atoms with Gasteiger partial charge < -0.3 is 24.0 Å². The van der Waals surface area contributed by atoms with E-state index in [0.29, 0.717) is 23.3 Å². The highest BCUT2D eigenvalue weighted by molar-refractivity contribution is 6.00. The largest absolute Gasteiger partial charge is 0.462 e. The van der Waals surface area contributed by atoms with Crippen LogP contribution in [0.15, 0.2) is 67.1 Å². The van der Waals surface area contributed by atoms with Gasteiger partial charge in [0.1, 0.15) is 36.3 Å². The molecule has 3 atom stereocenters. The van der Waals surface area contributed by atoms with E-state index in [-0.39, 0.29) is 62.2 Å². The Balaban J connectivity index is 1.24. The van der Waals surface area contributed by atoms with Crippen molar-refractivity contribution in [1.82, 2.24) is 29.7 Å². The summed E-state index contributed by atoms with van der Waals surface area (Å²) in [7, 11) is 3.71. The number of likely N-dealkylation sites (tertiary alicyclic amines) is 1. The fourth-order valence-corrected chi connectivity index (χ4v) is 7.03. The Morgan fingerprint density at radius 3 is 2.67 bits per heavy atom. The van der Waals surface area contributed by atoms with Gasteiger partial charge in [-0.05, 0) is 36.9 Å². The van der Waals surface area contributed by atoms with Crippen molar-refractivity contribution in [3.63, 3.8) is 0 Å². The highest BCUT2D eigenvalue weighted by Gasteiger charge is 2.36. The minimum Gasteiger partial charge on any atom is -0.462 e. The zero-order valence-corrected chi connectivity index (χ0v) is 28.8. The first kappa shape index (κ1) is 34.0. The lowest BCUT2D eigenvalue weighted by molar-refractivity contribution is 0.0788. The molecule has 1 amide bonds. The third-order valence-corrected chi connectivity index (χ3v) is 9.80. The number of carbonyl (C=O) groups is 1. The number of piperazine rings is 1. The number of benzene rings is 2. The molecule has 0 aliphatic carbocycles. The quantitative estimate of drug-likeness (QED) is 0.183.